The maximum absolute atomic E-state index is 11.5. The molecule has 2 atom stereocenters. The van der Waals surface area contributed by atoms with Crippen LogP contribution in [0.3, 0.4) is 0 Å². The van der Waals surface area contributed by atoms with Crippen LogP contribution in [0.15, 0.2) is 0 Å². The van der Waals surface area contributed by atoms with Crippen molar-refractivity contribution in [3.63, 3.8) is 0 Å². The predicted molar refractivity (Wildman–Crippen MR) is 64.4 cm³/mol. The Kier molecular flexibility index (Phi) is 4.32. The van der Waals surface area contributed by atoms with Gasteiger partial charge in [-0.25, -0.2) is 4.79 Å². The molecule has 1 amide bonds. The molecule has 0 aromatic carbocycles. The molecular formula is C11H21NO2S. The lowest BCUT2D eigenvalue weighted by atomic mass is 9.95. The zero-order valence-corrected chi connectivity index (χ0v) is 10.6. The highest BCUT2D eigenvalue weighted by molar-refractivity contribution is 7.81. The highest BCUT2D eigenvalue weighted by Crippen LogP contribution is 2.23. The highest BCUT2D eigenvalue weighted by atomic mass is 32.1. The molecule has 1 rings (SSSR count). The zero-order chi connectivity index (χ0) is 11.5. The Morgan fingerprint density at radius 2 is 1.93 bits per heavy atom. The van der Waals surface area contributed by atoms with Crippen molar-refractivity contribution >= 4 is 18.7 Å². The van der Waals surface area contributed by atoms with Gasteiger partial charge in [-0.1, -0.05) is 12.8 Å². The van der Waals surface area contributed by atoms with E-state index in [2.05, 4.69) is 17.9 Å². The standard InChI is InChI=1S/C11H21NO2S/c1-11(2,3)14-10(13)12-8-6-4-5-7-9(8)15/h8-9,15H,4-7H2,1-3H3,(H,12,13)/t8-,9+/m1/s1. The molecular weight excluding hydrogens is 210 g/mol. The van der Waals surface area contributed by atoms with Crippen LogP contribution in [-0.4, -0.2) is 23.0 Å². The van der Waals surface area contributed by atoms with E-state index in [1.807, 2.05) is 20.8 Å². The van der Waals surface area contributed by atoms with Gasteiger partial charge < -0.3 is 10.1 Å². The van der Waals surface area contributed by atoms with Gasteiger partial charge in [0.1, 0.15) is 5.60 Å². The smallest absolute Gasteiger partial charge is 0.407 e. The largest absolute Gasteiger partial charge is 0.444 e. The molecule has 0 aliphatic heterocycles. The molecule has 0 bridgehead atoms. The first kappa shape index (κ1) is 12.7. The second kappa shape index (κ2) is 5.10. The lowest BCUT2D eigenvalue weighted by molar-refractivity contribution is 0.0495. The molecule has 0 aromatic heterocycles. The lowest BCUT2D eigenvalue weighted by Crippen LogP contribution is -2.45. The van der Waals surface area contributed by atoms with E-state index in [-0.39, 0.29) is 17.4 Å². The average molecular weight is 231 g/mol. The van der Waals surface area contributed by atoms with Crippen LogP contribution in [0.5, 0.6) is 0 Å². The molecule has 0 unspecified atom stereocenters. The minimum absolute atomic E-state index is 0.164. The Hall–Kier alpha value is -0.380. The number of carbonyl (C=O) groups excluding carboxylic acids is 1. The molecule has 1 saturated carbocycles. The van der Waals surface area contributed by atoms with Crippen LogP contribution < -0.4 is 5.32 Å². The predicted octanol–water partition coefficient (Wildman–Crippen LogP) is 2.75. The lowest BCUT2D eigenvalue weighted by Gasteiger charge is -2.30. The van der Waals surface area contributed by atoms with Gasteiger partial charge in [0.25, 0.3) is 0 Å². The first-order valence-electron chi connectivity index (χ1n) is 5.56. The van der Waals surface area contributed by atoms with Gasteiger partial charge in [0.15, 0.2) is 0 Å². The summed E-state index contributed by atoms with van der Waals surface area (Å²) in [4.78, 5) is 11.5. The van der Waals surface area contributed by atoms with Crippen LogP contribution in [0, 0.1) is 0 Å². The summed E-state index contributed by atoms with van der Waals surface area (Å²) in [5.41, 5.74) is -0.426. The number of carbonyl (C=O) groups is 1. The Bertz CT molecular complexity index is 225. The van der Waals surface area contributed by atoms with Crippen LogP contribution in [0.4, 0.5) is 4.79 Å². The molecule has 0 aromatic rings. The van der Waals surface area contributed by atoms with Gasteiger partial charge >= 0.3 is 6.09 Å². The molecule has 1 fully saturated rings. The summed E-state index contributed by atoms with van der Waals surface area (Å²) < 4.78 is 5.20. The van der Waals surface area contributed by atoms with Crippen LogP contribution in [0.1, 0.15) is 46.5 Å². The van der Waals surface area contributed by atoms with Gasteiger partial charge in [0, 0.05) is 11.3 Å². The van der Waals surface area contributed by atoms with Crippen LogP contribution in [0.2, 0.25) is 0 Å². The van der Waals surface area contributed by atoms with Crippen molar-refractivity contribution in [1.29, 1.82) is 0 Å². The first-order valence-corrected chi connectivity index (χ1v) is 6.08. The summed E-state index contributed by atoms with van der Waals surface area (Å²) in [6.07, 6.45) is 4.13. The quantitative estimate of drug-likeness (QED) is 0.681. The Labute approximate surface area is 97.4 Å². The SMILES string of the molecule is CC(C)(C)OC(=O)N[C@@H]1CCCC[C@@H]1S. The Morgan fingerprint density at radius 1 is 1.33 bits per heavy atom. The summed E-state index contributed by atoms with van der Waals surface area (Å²) in [5, 5.41) is 3.16. The maximum Gasteiger partial charge on any atom is 0.407 e. The molecule has 0 heterocycles. The molecule has 1 aliphatic carbocycles. The number of alkyl carbamates (subject to hydrolysis) is 1. The van der Waals surface area contributed by atoms with Gasteiger partial charge in [0.2, 0.25) is 0 Å². The molecule has 0 radical (unpaired) electrons. The van der Waals surface area contributed by atoms with Crippen molar-refractivity contribution < 1.29 is 9.53 Å². The minimum Gasteiger partial charge on any atom is -0.444 e. The number of ether oxygens (including phenoxy) is 1. The normalized spacial score (nSPS) is 27.2. The number of hydrogen-bond acceptors (Lipinski definition) is 3. The number of rotatable bonds is 1. The fourth-order valence-corrected chi connectivity index (χ4v) is 2.14. The number of nitrogens with one attached hydrogen (secondary N) is 1. The first-order chi connectivity index (χ1) is 6.88. The Balaban J connectivity index is 2.36. The number of amides is 1. The van der Waals surface area contributed by atoms with Crippen molar-refractivity contribution in [3.05, 3.63) is 0 Å². The molecule has 4 heteroatoms. The monoisotopic (exact) mass is 231 g/mol. The molecule has 88 valence electrons. The van der Waals surface area contributed by atoms with E-state index in [0.717, 1.165) is 19.3 Å². The molecule has 1 aliphatic rings. The van der Waals surface area contributed by atoms with Gasteiger partial charge in [-0.15, -0.1) is 0 Å². The van der Waals surface area contributed by atoms with Crippen molar-refractivity contribution in [2.24, 2.45) is 0 Å². The third-order valence-electron chi connectivity index (χ3n) is 2.43. The average Bonchev–Trinajstić information content (AvgIpc) is 2.05. The van der Waals surface area contributed by atoms with Gasteiger partial charge in [-0.05, 0) is 33.6 Å². The molecule has 1 N–H and O–H groups in total. The van der Waals surface area contributed by atoms with Crippen molar-refractivity contribution in [3.8, 4) is 0 Å². The summed E-state index contributed by atoms with van der Waals surface area (Å²) in [6.45, 7) is 5.60. The number of hydrogen-bond donors (Lipinski definition) is 2. The fraction of sp³-hybridized carbons (Fsp3) is 0.909. The molecule has 0 spiro atoms. The van der Waals surface area contributed by atoms with E-state index in [9.17, 15) is 4.79 Å². The molecule has 0 saturated heterocycles. The third-order valence-corrected chi connectivity index (χ3v) is 3.05. The Morgan fingerprint density at radius 3 is 2.47 bits per heavy atom. The van der Waals surface area contributed by atoms with Crippen molar-refractivity contribution in [2.75, 3.05) is 0 Å². The summed E-state index contributed by atoms with van der Waals surface area (Å²) in [6, 6.07) is 0.164. The molecule has 15 heavy (non-hydrogen) atoms. The zero-order valence-electron chi connectivity index (χ0n) is 9.75. The third kappa shape index (κ3) is 4.78. The van der Waals surface area contributed by atoms with Crippen LogP contribution in [-0.2, 0) is 4.74 Å². The molecule has 3 nitrogen and oxygen atoms in total. The van der Waals surface area contributed by atoms with Crippen molar-refractivity contribution in [2.45, 2.75) is 63.3 Å². The van der Waals surface area contributed by atoms with Gasteiger partial charge in [-0.3, -0.25) is 0 Å². The minimum atomic E-state index is -0.426. The summed E-state index contributed by atoms with van der Waals surface area (Å²) in [7, 11) is 0. The van der Waals surface area contributed by atoms with E-state index in [4.69, 9.17) is 4.74 Å². The highest BCUT2D eigenvalue weighted by Gasteiger charge is 2.25. The summed E-state index contributed by atoms with van der Waals surface area (Å²) >= 11 is 4.47. The van der Waals surface area contributed by atoms with Crippen LogP contribution in [0.25, 0.3) is 0 Å². The summed E-state index contributed by atoms with van der Waals surface area (Å²) in [5.74, 6) is 0. The second-order valence-electron chi connectivity index (χ2n) is 5.10. The van der Waals surface area contributed by atoms with E-state index < -0.39 is 5.60 Å². The van der Waals surface area contributed by atoms with E-state index in [1.165, 1.54) is 6.42 Å². The maximum atomic E-state index is 11.5. The van der Waals surface area contributed by atoms with Crippen molar-refractivity contribution in [1.82, 2.24) is 5.32 Å². The van der Waals surface area contributed by atoms with E-state index >= 15 is 0 Å². The number of thiol groups is 1. The fourth-order valence-electron chi connectivity index (χ4n) is 1.74. The van der Waals surface area contributed by atoms with Gasteiger partial charge in [0.05, 0.1) is 0 Å². The van der Waals surface area contributed by atoms with E-state index in [0.29, 0.717) is 0 Å². The second-order valence-corrected chi connectivity index (χ2v) is 5.77. The van der Waals surface area contributed by atoms with E-state index in [1.54, 1.807) is 0 Å². The van der Waals surface area contributed by atoms with Gasteiger partial charge in [-0.2, -0.15) is 12.6 Å². The van der Waals surface area contributed by atoms with Crippen LogP contribution >= 0.6 is 12.6 Å². The topological polar surface area (TPSA) is 38.3 Å².